The van der Waals surface area contributed by atoms with Gasteiger partial charge in [-0.25, -0.2) is 0 Å². The largest absolute Gasteiger partial charge is 0.298 e. The van der Waals surface area contributed by atoms with Gasteiger partial charge >= 0.3 is 0 Å². The van der Waals surface area contributed by atoms with Gasteiger partial charge < -0.3 is 0 Å². The molecule has 0 saturated carbocycles. The maximum absolute atomic E-state index is 5.26. The maximum Gasteiger partial charge on any atom is 0.195 e. The van der Waals surface area contributed by atoms with Crippen molar-refractivity contribution in [1.82, 2.24) is 29.5 Å². The molecule has 0 aliphatic carbocycles. The van der Waals surface area contributed by atoms with Crippen molar-refractivity contribution in [2.24, 2.45) is 0 Å². The molecule has 0 bridgehead atoms. The Kier molecular flexibility index (Phi) is 3.20. The molecule has 3 aromatic rings. The van der Waals surface area contributed by atoms with E-state index in [1.54, 1.807) is 18.6 Å². The van der Waals surface area contributed by atoms with Crippen molar-refractivity contribution in [2.75, 3.05) is 0 Å². The summed E-state index contributed by atoms with van der Waals surface area (Å²) in [6.07, 6.45) is 7.19. The molecule has 3 aromatic heterocycles. The predicted octanol–water partition coefficient (Wildman–Crippen LogP) is 1.90. The second kappa shape index (κ2) is 5.15. The number of rotatable bonds is 4. The van der Waals surface area contributed by atoms with Gasteiger partial charge in [-0.05, 0) is 30.4 Å². The van der Waals surface area contributed by atoms with E-state index in [9.17, 15) is 0 Å². The van der Waals surface area contributed by atoms with Crippen LogP contribution in [-0.2, 0) is 13.1 Å². The second-order valence-corrected chi connectivity index (χ2v) is 4.40. The average Bonchev–Trinajstić information content (AvgIpc) is 3.07. The van der Waals surface area contributed by atoms with Crippen LogP contribution in [-0.4, -0.2) is 29.5 Å². The SMILES string of the molecule is S=c1[nH]nc(-c2cccnc2)n1CCn1cccn1. The normalized spacial score (nSPS) is 10.7. The van der Waals surface area contributed by atoms with Gasteiger partial charge in [-0.3, -0.25) is 19.3 Å². The number of aromatic nitrogens is 6. The van der Waals surface area contributed by atoms with Crippen molar-refractivity contribution in [3.63, 3.8) is 0 Å². The molecule has 0 aliphatic heterocycles. The summed E-state index contributed by atoms with van der Waals surface area (Å²) in [7, 11) is 0. The van der Waals surface area contributed by atoms with Crippen LogP contribution in [0.25, 0.3) is 11.4 Å². The molecular formula is C12H12N6S. The Morgan fingerprint density at radius 1 is 1.21 bits per heavy atom. The van der Waals surface area contributed by atoms with E-state index in [0.717, 1.165) is 17.9 Å². The summed E-state index contributed by atoms with van der Waals surface area (Å²) >= 11 is 5.26. The Labute approximate surface area is 114 Å². The highest BCUT2D eigenvalue weighted by Gasteiger charge is 2.08. The average molecular weight is 272 g/mol. The molecule has 19 heavy (non-hydrogen) atoms. The first kappa shape index (κ1) is 11.8. The first-order valence-electron chi connectivity index (χ1n) is 5.87. The third-order valence-corrected chi connectivity index (χ3v) is 3.10. The van der Waals surface area contributed by atoms with Crippen LogP contribution in [0.4, 0.5) is 0 Å². The van der Waals surface area contributed by atoms with E-state index >= 15 is 0 Å². The fourth-order valence-electron chi connectivity index (χ4n) is 1.88. The summed E-state index contributed by atoms with van der Waals surface area (Å²) in [4.78, 5) is 4.10. The van der Waals surface area contributed by atoms with Gasteiger partial charge in [0.2, 0.25) is 0 Å². The van der Waals surface area contributed by atoms with Gasteiger partial charge in [0.25, 0.3) is 0 Å². The summed E-state index contributed by atoms with van der Waals surface area (Å²) < 4.78 is 4.42. The Balaban J connectivity index is 1.89. The molecule has 0 amide bonds. The zero-order valence-corrected chi connectivity index (χ0v) is 10.9. The summed E-state index contributed by atoms with van der Waals surface area (Å²) in [6, 6.07) is 5.74. The highest BCUT2D eigenvalue weighted by atomic mass is 32.1. The number of nitrogens with zero attached hydrogens (tertiary/aromatic N) is 5. The third-order valence-electron chi connectivity index (χ3n) is 2.79. The third kappa shape index (κ3) is 2.45. The Bertz CT molecular complexity index is 697. The lowest BCUT2D eigenvalue weighted by Gasteiger charge is -2.06. The van der Waals surface area contributed by atoms with Crippen LogP contribution in [0.5, 0.6) is 0 Å². The van der Waals surface area contributed by atoms with E-state index in [0.29, 0.717) is 11.3 Å². The quantitative estimate of drug-likeness (QED) is 0.737. The smallest absolute Gasteiger partial charge is 0.195 e. The molecule has 6 nitrogen and oxygen atoms in total. The van der Waals surface area contributed by atoms with Gasteiger partial charge in [0, 0.05) is 36.9 Å². The lowest BCUT2D eigenvalue weighted by atomic mass is 10.3. The van der Waals surface area contributed by atoms with Crippen molar-refractivity contribution in [1.29, 1.82) is 0 Å². The van der Waals surface area contributed by atoms with Crippen LogP contribution in [0, 0.1) is 4.77 Å². The molecule has 0 aliphatic rings. The molecule has 0 fully saturated rings. The number of hydrogen-bond acceptors (Lipinski definition) is 4. The lowest BCUT2D eigenvalue weighted by Crippen LogP contribution is -2.09. The van der Waals surface area contributed by atoms with E-state index in [2.05, 4.69) is 20.3 Å². The monoisotopic (exact) mass is 272 g/mol. The van der Waals surface area contributed by atoms with Gasteiger partial charge in [-0.1, -0.05) is 0 Å². The van der Waals surface area contributed by atoms with Gasteiger partial charge in [-0.2, -0.15) is 10.2 Å². The van der Waals surface area contributed by atoms with E-state index in [1.165, 1.54) is 0 Å². The summed E-state index contributed by atoms with van der Waals surface area (Å²) in [5, 5.41) is 11.3. The van der Waals surface area contributed by atoms with E-state index in [-0.39, 0.29) is 0 Å². The van der Waals surface area contributed by atoms with Crippen LogP contribution in [0.15, 0.2) is 43.0 Å². The van der Waals surface area contributed by atoms with Crippen LogP contribution >= 0.6 is 12.2 Å². The molecule has 96 valence electrons. The molecule has 3 rings (SSSR count). The van der Waals surface area contributed by atoms with Gasteiger partial charge in [-0.15, -0.1) is 0 Å². The fraction of sp³-hybridized carbons (Fsp3) is 0.167. The van der Waals surface area contributed by atoms with E-state index in [1.807, 2.05) is 33.6 Å². The number of nitrogens with one attached hydrogen (secondary N) is 1. The molecule has 0 spiro atoms. The molecule has 1 N–H and O–H groups in total. The Morgan fingerprint density at radius 3 is 2.89 bits per heavy atom. The molecule has 0 saturated heterocycles. The molecule has 0 radical (unpaired) electrons. The number of hydrogen-bond donors (Lipinski definition) is 1. The molecule has 7 heteroatoms. The standard InChI is InChI=1S/C12H12N6S/c19-12-16-15-11(10-3-1-4-13-9-10)18(12)8-7-17-6-2-5-14-17/h1-6,9H,7-8H2,(H,16,19). The van der Waals surface area contributed by atoms with Crippen molar-refractivity contribution in [3.05, 3.63) is 47.8 Å². The van der Waals surface area contributed by atoms with Crippen molar-refractivity contribution < 1.29 is 0 Å². The van der Waals surface area contributed by atoms with Crippen molar-refractivity contribution in [3.8, 4) is 11.4 Å². The summed E-state index contributed by atoms with van der Waals surface area (Å²) in [5.74, 6) is 0.797. The van der Waals surface area contributed by atoms with Crippen LogP contribution in [0.1, 0.15) is 0 Å². The number of aromatic amines is 1. The predicted molar refractivity (Wildman–Crippen MR) is 72.9 cm³/mol. The Morgan fingerprint density at radius 2 is 2.16 bits per heavy atom. The minimum Gasteiger partial charge on any atom is -0.298 e. The molecule has 0 aromatic carbocycles. The van der Waals surface area contributed by atoms with E-state index < -0.39 is 0 Å². The van der Waals surface area contributed by atoms with Crippen LogP contribution in [0.3, 0.4) is 0 Å². The maximum atomic E-state index is 5.26. The van der Waals surface area contributed by atoms with Gasteiger partial charge in [0.1, 0.15) is 0 Å². The molecule has 0 unspecified atom stereocenters. The number of H-pyrrole nitrogens is 1. The lowest BCUT2D eigenvalue weighted by molar-refractivity contribution is 0.532. The van der Waals surface area contributed by atoms with Gasteiger partial charge in [0.15, 0.2) is 10.6 Å². The van der Waals surface area contributed by atoms with E-state index in [4.69, 9.17) is 12.2 Å². The fourth-order valence-corrected chi connectivity index (χ4v) is 2.10. The minimum atomic E-state index is 0.603. The highest BCUT2D eigenvalue weighted by molar-refractivity contribution is 7.71. The zero-order valence-electron chi connectivity index (χ0n) is 10.1. The molecular weight excluding hydrogens is 260 g/mol. The highest BCUT2D eigenvalue weighted by Crippen LogP contribution is 2.15. The minimum absolute atomic E-state index is 0.603. The van der Waals surface area contributed by atoms with Crippen LogP contribution < -0.4 is 0 Å². The van der Waals surface area contributed by atoms with Gasteiger partial charge in [0.05, 0.1) is 6.54 Å². The van der Waals surface area contributed by atoms with Crippen LogP contribution in [0.2, 0.25) is 0 Å². The summed E-state index contributed by atoms with van der Waals surface area (Å²) in [5.41, 5.74) is 0.940. The second-order valence-electron chi connectivity index (χ2n) is 4.01. The molecule has 0 atom stereocenters. The zero-order chi connectivity index (χ0) is 13.1. The molecule has 3 heterocycles. The Hall–Kier alpha value is -2.28. The summed E-state index contributed by atoms with van der Waals surface area (Å²) in [6.45, 7) is 1.45. The topological polar surface area (TPSA) is 64.3 Å². The first-order chi connectivity index (χ1) is 9.34. The number of pyridine rings is 1. The van der Waals surface area contributed by atoms with Crippen molar-refractivity contribution >= 4 is 12.2 Å². The van der Waals surface area contributed by atoms with Crippen molar-refractivity contribution in [2.45, 2.75) is 13.1 Å². The first-order valence-corrected chi connectivity index (χ1v) is 6.28. The number of aryl methyl sites for hydroxylation is 1.